The molecule has 0 amide bonds. The summed E-state index contributed by atoms with van der Waals surface area (Å²) in [6.45, 7) is 2.80. The van der Waals surface area contributed by atoms with Gasteiger partial charge in [0.25, 0.3) is 0 Å². The zero-order chi connectivity index (χ0) is 19.5. The van der Waals surface area contributed by atoms with Crippen LogP contribution in [0.15, 0.2) is 41.0 Å². The van der Waals surface area contributed by atoms with Crippen molar-refractivity contribution in [2.24, 2.45) is 0 Å². The van der Waals surface area contributed by atoms with Gasteiger partial charge in [-0.3, -0.25) is 15.1 Å². The fourth-order valence-corrected chi connectivity index (χ4v) is 3.43. The number of nitrogens with one attached hydrogen (secondary N) is 1. The molecule has 0 aliphatic heterocycles. The van der Waals surface area contributed by atoms with Crippen LogP contribution in [0.4, 0.5) is 11.5 Å². The number of pyridine rings is 1. The average molecular weight is 398 g/mol. The van der Waals surface area contributed by atoms with E-state index in [1.54, 1.807) is 12.4 Å². The molecule has 1 N–H and O–H groups in total. The summed E-state index contributed by atoms with van der Waals surface area (Å²) >= 11 is 1.24. The van der Waals surface area contributed by atoms with Crippen molar-refractivity contribution in [2.75, 3.05) is 5.32 Å². The number of anilines is 1. The molecule has 1 saturated carbocycles. The van der Waals surface area contributed by atoms with Gasteiger partial charge in [-0.05, 0) is 43.2 Å². The van der Waals surface area contributed by atoms with Crippen LogP contribution in [0.3, 0.4) is 0 Å². The van der Waals surface area contributed by atoms with Crippen molar-refractivity contribution in [1.29, 1.82) is 0 Å². The predicted octanol–water partition coefficient (Wildman–Crippen LogP) is 3.17. The molecule has 10 nitrogen and oxygen atoms in total. The van der Waals surface area contributed by atoms with Crippen LogP contribution in [0.25, 0.3) is 11.4 Å². The van der Waals surface area contributed by atoms with Gasteiger partial charge in [0, 0.05) is 30.5 Å². The first-order valence-corrected chi connectivity index (χ1v) is 9.76. The summed E-state index contributed by atoms with van der Waals surface area (Å²) in [5, 5.41) is 24.0. The maximum absolute atomic E-state index is 11.2. The molecule has 4 rings (SSSR count). The van der Waals surface area contributed by atoms with E-state index in [4.69, 9.17) is 0 Å². The van der Waals surface area contributed by atoms with E-state index >= 15 is 0 Å². The van der Waals surface area contributed by atoms with Crippen molar-refractivity contribution in [3.63, 3.8) is 0 Å². The van der Waals surface area contributed by atoms with Gasteiger partial charge in [0.15, 0.2) is 16.1 Å². The smallest absolute Gasteiger partial charge is 0.329 e. The van der Waals surface area contributed by atoms with Gasteiger partial charge in [-0.15, -0.1) is 10.2 Å². The van der Waals surface area contributed by atoms with Gasteiger partial charge in [-0.25, -0.2) is 4.98 Å². The third kappa shape index (κ3) is 3.93. The molecule has 28 heavy (non-hydrogen) atoms. The van der Waals surface area contributed by atoms with Crippen molar-refractivity contribution >= 4 is 23.3 Å². The monoisotopic (exact) mass is 398 g/mol. The van der Waals surface area contributed by atoms with E-state index in [0.29, 0.717) is 10.3 Å². The Hall–Kier alpha value is -3.08. The second kappa shape index (κ2) is 7.89. The Balaban J connectivity index is 1.65. The van der Waals surface area contributed by atoms with Crippen LogP contribution >= 0.6 is 11.8 Å². The lowest BCUT2D eigenvalue weighted by atomic mass is 10.2. The lowest BCUT2D eigenvalue weighted by molar-refractivity contribution is -0.384. The minimum atomic E-state index is -0.472. The lowest BCUT2D eigenvalue weighted by Gasteiger charge is -2.09. The fourth-order valence-electron chi connectivity index (χ4n) is 2.65. The molecule has 0 aromatic carbocycles. The van der Waals surface area contributed by atoms with Crippen molar-refractivity contribution in [3.05, 3.63) is 40.8 Å². The van der Waals surface area contributed by atoms with E-state index in [1.807, 2.05) is 16.7 Å². The van der Waals surface area contributed by atoms with Crippen LogP contribution in [0.5, 0.6) is 0 Å². The molecule has 3 aromatic heterocycles. The Bertz CT molecular complexity index is 990. The van der Waals surface area contributed by atoms with Crippen LogP contribution in [-0.2, 0) is 6.54 Å². The van der Waals surface area contributed by atoms with E-state index < -0.39 is 4.92 Å². The highest BCUT2D eigenvalue weighted by Gasteiger charge is 2.27. The highest BCUT2D eigenvalue weighted by atomic mass is 32.2. The van der Waals surface area contributed by atoms with E-state index in [-0.39, 0.29) is 17.5 Å². The fraction of sp³-hybridized carbons (Fsp3) is 0.353. The SMILES string of the molecule is CCCn1c(Sc2ncc([N+](=O)[O-])c(NC3CC3)n2)nnc1-c1ccncc1. The molecule has 1 aliphatic carbocycles. The zero-order valence-electron chi connectivity index (χ0n) is 15.1. The first-order valence-electron chi connectivity index (χ1n) is 8.95. The van der Waals surface area contributed by atoms with Crippen molar-refractivity contribution < 1.29 is 4.92 Å². The Kier molecular flexibility index (Phi) is 5.15. The predicted molar refractivity (Wildman–Crippen MR) is 103 cm³/mol. The van der Waals surface area contributed by atoms with Crippen molar-refractivity contribution in [3.8, 4) is 11.4 Å². The van der Waals surface area contributed by atoms with Crippen LogP contribution in [0, 0.1) is 10.1 Å². The lowest BCUT2D eigenvalue weighted by Crippen LogP contribution is -2.08. The average Bonchev–Trinajstić information content (AvgIpc) is 3.43. The third-order valence-electron chi connectivity index (χ3n) is 4.15. The number of nitro groups is 1. The van der Waals surface area contributed by atoms with Gasteiger partial charge in [0.1, 0.15) is 6.20 Å². The standard InChI is InChI=1S/C17H18N8O2S/c1-2-9-24-15(11-5-7-18-8-6-11)22-23-17(24)28-16-19-10-13(25(26)27)14(21-16)20-12-3-4-12/h5-8,10,12H,2-4,9H2,1H3,(H,19,20,21). The van der Waals surface area contributed by atoms with E-state index in [9.17, 15) is 10.1 Å². The highest BCUT2D eigenvalue weighted by Crippen LogP contribution is 2.33. The number of nitrogens with zero attached hydrogens (tertiary/aromatic N) is 7. The van der Waals surface area contributed by atoms with E-state index in [1.165, 1.54) is 18.0 Å². The molecule has 3 aromatic rings. The van der Waals surface area contributed by atoms with Crippen LogP contribution in [0.2, 0.25) is 0 Å². The van der Waals surface area contributed by atoms with Crippen LogP contribution in [-0.4, -0.2) is 40.7 Å². The molecule has 0 unspecified atom stereocenters. The normalized spacial score (nSPS) is 13.5. The van der Waals surface area contributed by atoms with Crippen LogP contribution in [0.1, 0.15) is 26.2 Å². The Morgan fingerprint density at radius 2 is 2.11 bits per heavy atom. The second-order valence-electron chi connectivity index (χ2n) is 6.36. The van der Waals surface area contributed by atoms with Crippen LogP contribution < -0.4 is 5.32 Å². The molecule has 3 heterocycles. The zero-order valence-corrected chi connectivity index (χ0v) is 16.0. The molecule has 11 heteroatoms. The van der Waals surface area contributed by atoms with Gasteiger partial charge in [-0.2, -0.15) is 4.98 Å². The molecule has 1 aliphatic rings. The number of hydrogen-bond acceptors (Lipinski definition) is 9. The highest BCUT2D eigenvalue weighted by molar-refractivity contribution is 7.99. The van der Waals surface area contributed by atoms with Gasteiger partial charge in [0.2, 0.25) is 5.82 Å². The van der Waals surface area contributed by atoms with Gasteiger partial charge < -0.3 is 9.88 Å². The van der Waals surface area contributed by atoms with E-state index in [0.717, 1.165) is 37.2 Å². The summed E-state index contributed by atoms with van der Waals surface area (Å²) in [5.41, 5.74) is 0.798. The van der Waals surface area contributed by atoms with Crippen molar-refractivity contribution in [1.82, 2.24) is 29.7 Å². The molecule has 0 atom stereocenters. The summed E-state index contributed by atoms with van der Waals surface area (Å²) in [7, 11) is 0. The summed E-state index contributed by atoms with van der Waals surface area (Å²) < 4.78 is 2.00. The molecule has 0 radical (unpaired) electrons. The third-order valence-corrected chi connectivity index (χ3v) is 5.01. The summed E-state index contributed by atoms with van der Waals surface area (Å²) in [5.74, 6) is 0.992. The van der Waals surface area contributed by atoms with E-state index in [2.05, 4.69) is 37.4 Å². The van der Waals surface area contributed by atoms with Gasteiger partial charge in [-0.1, -0.05) is 6.92 Å². The summed E-state index contributed by atoms with van der Waals surface area (Å²) in [6.07, 6.45) is 7.54. The first kappa shape index (κ1) is 18.3. The molecule has 0 saturated heterocycles. The quantitative estimate of drug-likeness (QED) is 0.346. The Morgan fingerprint density at radius 1 is 1.32 bits per heavy atom. The molecule has 144 valence electrons. The number of rotatable bonds is 8. The maximum Gasteiger partial charge on any atom is 0.329 e. The summed E-state index contributed by atoms with van der Waals surface area (Å²) in [4.78, 5) is 23.3. The number of hydrogen-bond donors (Lipinski definition) is 1. The Morgan fingerprint density at radius 3 is 2.79 bits per heavy atom. The molecular weight excluding hydrogens is 380 g/mol. The molecule has 1 fully saturated rings. The first-order chi connectivity index (χ1) is 13.7. The molecular formula is C17H18N8O2S. The largest absolute Gasteiger partial charge is 0.361 e. The van der Waals surface area contributed by atoms with Gasteiger partial charge >= 0.3 is 5.69 Å². The number of aromatic nitrogens is 6. The maximum atomic E-state index is 11.2. The Labute approximate surface area is 165 Å². The second-order valence-corrected chi connectivity index (χ2v) is 7.29. The summed E-state index contributed by atoms with van der Waals surface area (Å²) in [6, 6.07) is 4.00. The topological polar surface area (TPSA) is 125 Å². The molecule has 0 bridgehead atoms. The minimum Gasteiger partial charge on any atom is -0.361 e. The van der Waals surface area contributed by atoms with Gasteiger partial charge in [0.05, 0.1) is 4.92 Å². The molecule has 0 spiro atoms. The van der Waals surface area contributed by atoms with Crippen molar-refractivity contribution in [2.45, 2.75) is 49.1 Å². The minimum absolute atomic E-state index is 0.122.